The van der Waals surface area contributed by atoms with Crippen LogP contribution in [0.4, 0.5) is 0 Å². The molecule has 0 rings (SSSR count). The molecule has 9 heavy (non-hydrogen) atoms. The van der Waals surface area contributed by atoms with Gasteiger partial charge in [0.1, 0.15) is 0 Å². The summed E-state index contributed by atoms with van der Waals surface area (Å²) < 4.78 is 0. The molecule has 0 amide bonds. The summed E-state index contributed by atoms with van der Waals surface area (Å²) in [6, 6.07) is 0. The first-order valence-corrected chi connectivity index (χ1v) is 2.60. The Morgan fingerprint density at radius 2 is 2.33 bits per heavy atom. The SMILES string of the molecule is C/C=C/CCC(=O)O.[H-].[Na+]. The summed E-state index contributed by atoms with van der Waals surface area (Å²) in [7, 11) is 0. The molecule has 0 bridgehead atoms. The van der Waals surface area contributed by atoms with Crippen LogP contribution in [0, 0.1) is 0 Å². The van der Waals surface area contributed by atoms with Gasteiger partial charge in [-0.25, -0.2) is 0 Å². The zero-order chi connectivity index (χ0) is 6.41. The van der Waals surface area contributed by atoms with Gasteiger partial charge in [0.2, 0.25) is 0 Å². The fraction of sp³-hybridized carbons (Fsp3) is 0.500. The van der Waals surface area contributed by atoms with Crippen molar-refractivity contribution in [2.45, 2.75) is 19.8 Å². The van der Waals surface area contributed by atoms with Crippen LogP contribution >= 0.6 is 0 Å². The Morgan fingerprint density at radius 1 is 1.78 bits per heavy atom. The summed E-state index contributed by atoms with van der Waals surface area (Å²) in [6.45, 7) is 1.88. The number of carboxylic acid groups (broad SMARTS) is 1. The summed E-state index contributed by atoms with van der Waals surface area (Å²) in [4.78, 5) is 9.84. The summed E-state index contributed by atoms with van der Waals surface area (Å²) >= 11 is 0. The van der Waals surface area contributed by atoms with Gasteiger partial charge in [-0.3, -0.25) is 4.79 Å². The zero-order valence-electron chi connectivity index (χ0n) is 6.92. The molecule has 0 heterocycles. The Balaban J connectivity index is -0.000000245. The van der Waals surface area contributed by atoms with E-state index < -0.39 is 5.97 Å². The van der Waals surface area contributed by atoms with Crippen molar-refractivity contribution in [1.82, 2.24) is 0 Å². The van der Waals surface area contributed by atoms with Gasteiger partial charge in [-0.15, -0.1) is 0 Å². The predicted octanol–water partition coefficient (Wildman–Crippen LogP) is -1.46. The second-order valence-corrected chi connectivity index (χ2v) is 1.50. The van der Waals surface area contributed by atoms with Crippen molar-refractivity contribution in [3.8, 4) is 0 Å². The average molecular weight is 138 g/mol. The molecule has 0 aromatic rings. The van der Waals surface area contributed by atoms with Crippen LogP contribution in [0.3, 0.4) is 0 Å². The van der Waals surface area contributed by atoms with Gasteiger partial charge < -0.3 is 6.53 Å². The van der Waals surface area contributed by atoms with Crippen LogP contribution in [0.25, 0.3) is 0 Å². The molecule has 0 aliphatic heterocycles. The first-order valence-electron chi connectivity index (χ1n) is 2.60. The van der Waals surface area contributed by atoms with E-state index in [2.05, 4.69) is 0 Å². The topological polar surface area (TPSA) is 37.3 Å². The Hall–Kier alpha value is 0.210. The number of allylic oxidation sites excluding steroid dienone is 2. The van der Waals surface area contributed by atoms with E-state index in [4.69, 9.17) is 5.11 Å². The summed E-state index contributed by atoms with van der Waals surface area (Å²) in [5.41, 5.74) is 0. The van der Waals surface area contributed by atoms with Gasteiger partial charge in [0, 0.05) is 6.42 Å². The number of aliphatic carboxylic acids is 1. The molecule has 0 aliphatic carbocycles. The number of carboxylic acids is 1. The number of rotatable bonds is 3. The van der Waals surface area contributed by atoms with Crippen molar-refractivity contribution in [3.05, 3.63) is 12.2 Å². The van der Waals surface area contributed by atoms with Crippen molar-refractivity contribution < 1.29 is 40.9 Å². The van der Waals surface area contributed by atoms with E-state index in [1.165, 1.54) is 0 Å². The molecular formula is C6H11NaO2. The van der Waals surface area contributed by atoms with Gasteiger partial charge in [-0.2, -0.15) is 0 Å². The maximum absolute atomic E-state index is 9.84. The van der Waals surface area contributed by atoms with Crippen LogP contribution in [0.5, 0.6) is 0 Å². The zero-order valence-corrected chi connectivity index (χ0v) is 7.92. The summed E-state index contributed by atoms with van der Waals surface area (Å²) in [6.07, 6.45) is 4.58. The normalized spacial score (nSPS) is 9.00. The van der Waals surface area contributed by atoms with Crippen molar-refractivity contribution in [2.24, 2.45) is 0 Å². The molecule has 0 aliphatic rings. The molecule has 0 saturated carbocycles. The largest absolute Gasteiger partial charge is 1.00 e. The number of carbonyl (C=O) groups is 1. The third-order valence-corrected chi connectivity index (χ3v) is 0.761. The standard InChI is InChI=1S/C6H10O2.Na.H/c1-2-3-4-5-6(7)8;;/h2-3H,4-5H2,1H3,(H,7,8);;/q;+1;-1/b3-2+;;. The minimum atomic E-state index is -0.733. The third-order valence-electron chi connectivity index (χ3n) is 0.761. The van der Waals surface area contributed by atoms with Crippen LogP contribution in [0.1, 0.15) is 21.2 Å². The van der Waals surface area contributed by atoms with Gasteiger partial charge in [0.15, 0.2) is 0 Å². The van der Waals surface area contributed by atoms with E-state index in [1.807, 2.05) is 19.1 Å². The van der Waals surface area contributed by atoms with Crippen molar-refractivity contribution in [3.63, 3.8) is 0 Å². The van der Waals surface area contributed by atoms with Crippen LogP contribution < -0.4 is 29.6 Å². The van der Waals surface area contributed by atoms with Crippen LogP contribution in [-0.4, -0.2) is 11.1 Å². The van der Waals surface area contributed by atoms with Gasteiger partial charge in [0.25, 0.3) is 0 Å². The fourth-order valence-electron chi connectivity index (χ4n) is 0.373. The second-order valence-electron chi connectivity index (χ2n) is 1.50. The van der Waals surface area contributed by atoms with E-state index in [1.54, 1.807) is 0 Å². The minimum absolute atomic E-state index is 0. The molecule has 0 fully saturated rings. The Kier molecular flexibility index (Phi) is 10.9. The van der Waals surface area contributed by atoms with E-state index in [0.29, 0.717) is 6.42 Å². The fourth-order valence-corrected chi connectivity index (χ4v) is 0.373. The maximum atomic E-state index is 9.84. The third kappa shape index (κ3) is 11.7. The quantitative estimate of drug-likeness (QED) is 0.382. The molecule has 48 valence electrons. The van der Waals surface area contributed by atoms with E-state index in [9.17, 15) is 4.79 Å². The molecule has 0 radical (unpaired) electrons. The average Bonchev–Trinajstić information content (AvgIpc) is 1.66. The first-order chi connectivity index (χ1) is 3.77. The molecule has 2 nitrogen and oxygen atoms in total. The maximum Gasteiger partial charge on any atom is 1.00 e. The Bertz CT molecular complexity index is 104. The minimum Gasteiger partial charge on any atom is -1.00 e. The molecule has 0 atom stereocenters. The number of hydrogen-bond donors (Lipinski definition) is 1. The molecule has 1 N–H and O–H groups in total. The van der Waals surface area contributed by atoms with Crippen molar-refractivity contribution >= 4 is 5.97 Å². The van der Waals surface area contributed by atoms with E-state index >= 15 is 0 Å². The first kappa shape index (κ1) is 11.9. The van der Waals surface area contributed by atoms with Crippen LogP contribution in [0.15, 0.2) is 12.2 Å². The Morgan fingerprint density at radius 3 is 2.67 bits per heavy atom. The number of hydrogen-bond acceptors (Lipinski definition) is 1. The smallest absolute Gasteiger partial charge is 1.00 e. The van der Waals surface area contributed by atoms with Gasteiger partial charge in [-0.1, -0.05) is 12.2 Å². The summed E-state index contributed by atoms with van der Waals surface area (Å²) in [5, 5.41) is 8.11. The van der Waals surface area contributed by atoms with Crippen LogP contribution in [-0.2, 0) is 4.79 Å². The molecule has 3 heteroatoms. The molecule has 0 aromatic carbocycles. The van der Waals surface area contributed by atoms with Crippen molar-refractivity contribution in [2.75, 3.05) is 0 Å². The Labute approximate surface area is 78.7 Å². The second kappa shape index (κ2) is 8.21. The monoisotopic (exact) mass is 138 g/mol. The predicted molar refractivity (Wildman–Crippen MR) is 32.8 cm³/mol. The van der Waals surface area contributed by atoms with Gasteiger partial charge >= 0.3 is 35.5 Å². The van der Waals surface area contributed by atoms with Gasteiger partial charge in [0.05, 0.1) is 0 Å². The van der Waals surface area contributed by atoms with E-state index in [-0.39, 0.29) is 37.4 Å². The summed E-state index contributed by atoms with van der Waals surface area (Å²) in [5.74, 6) is -0.733. The van der Waals surface area contributed by atoms with Crippen LogP contribution in [0.2, 0.25) is 0 Å². The van der Waals surface area contributed by atoms with E-state index in [0.717, 1.165) is 0 Å². The molecule has 0 unspecified atom stereocenters. The molecular weight excluding hydrogens is 127 g/mol. The van der Waals surface area contributed by atoms with Gasteiger partial charge in [-0.05, 0) is 13.3 Å². The molecule has 0 aromatic heterocycles. The van der Waals surface area contributed by atoms with Crippen molar-refractivity contribution in [1.29, 1.82) is 0 Å². The molecule has 0 saturated heterocycles. The molecule has 0 spiro atoms.